The lowest BCUT2D eigenvalue weighted by Crippen LogP contribution is -2.39. The summed E-state index contributed by atoms with van der Waals surface area (Å²) in [6, 6.07) is 18.2. The van der Waals surface area contributed by atoms with Crippen LogP contribution in [0.15, 0.2) is 67.0 Å². The minimum atomic E-state index is -0.200. The molecule has 0 aliphatic carbocycles. The summed E-state index contributed by atoms with van der Waals surface area (Å²) in [4.78, 5) is 24.0. The van der Waals surface area contributed by atoms with Crippen LogP contribution in [0.1, 0.15) is 34.3 Å². The Bertz CT molecular complexity index is 984. The van der Waals surface area contributed by atoms with E-state index in [2.05, 4.69) is 55.8 Å². The molecule has 0 radical (unpaired) electrons. The fraction of sp³-hybridized carbons (Fsp3) is 0.292. The molecule has 0 spiro atoms. The van der Waals surface area contributed by atoms with Crippen LogP contribution in [0.5, 0.6) is 0 Å². The van der Waals surface area contributed by atoms with Gasteiger partial charge in [0, 0.05) is 38.1 Å². The maximum atomic E-state index is 12.8. The molecule has 3 aromatic rings. The van der Waals surface area contributed by atoms with E-state index >= 15 is 0 Å². The lowest BCUT2D eigenvalue weighted by Gasteiger charge is -2.32. The summed E-state index contributed by atoms with van der Waals surface area (Å²) in [7, 11) is 0. The lowest BCUT2D eigenvalue weighted by atomic mass is 10.0. The van der Waals surface area contributed by atoms with E-state index in [-0.39, 0.29) is 5.91 Å². The van der Waals surface area contributed by atoms with Gasteiger partial charge in [0.2, 0.25) is 0 Å². The van der Waals surface area contributed by atoms with Crippen molar-refractivity contribution in [1.82, 2.24) is 14.9 Å². The van der Waals surface area contributed by atoms with E-state index in [0.717, 1.165) is 38.0 Å². The first-order valence-electron chi connectivity index (χ1n) is 10.4. The Morgan fingerprint density at radius 2 is 1.67 bits per heavy atom. The molecule has 0 atom stereocenters. The Labute approximate surface area is 177 Å². The number of nitrogens with one attached hydrogen (secondary N) is 2. The number of nitrogens with zero attached hydrogens (tertiary/aromatic N) is 3. The van der Waals surface area contributed by atoms with Gasteiger partial charge in [-0.05, 0) is 49.1 Å². The Hall–Kier alpha value is -3.25. The van der Waals surface area contributed by atoms with Crippen LogP contribution in [0, 0.1) is 6.92 Å². The third-order valence-corrected chi connectivity index (χ3v) is 5.47. The number of pyridine rings is 2. The minimum Gasteiger partial charge on any atom is -0.367 e. The van der Waals surface area contributed by atoms with Crippen LogP contribution in [0.3, 0.4) is 0 Å². The molecule has 0 bridgehead atoms. The van der Waals surface area contributed by atoms with Crippen molar-refractivity contribution in [2.45, 2.75) is 32.4 Å². The molecule has 30 heavy (non-hydrogen) atoms. The average molecular weight is 402 g/mol. The van der Waals surface area contributed by atoms with Gasteiger partial charge in [0.15, 0.2) is 0 Å². The summed E-state index contributed by atoms with van der Waals surface area (Å²) in [5.74, 6) is 1.01. The summed E-state index contributed by atoms with van der Waals surface area (Å²) < 4.78 is 0. The zero-order valence-corrected chi connectivity index (χ0v) is 17.2. The van der Waals surface area contributed by atoms with Crippen LogP contribution >= 0.6 is 0 Å². The highest BCUT2D eigenvalue weighted by molar-refractivity contribution is 6.07. The van der Waals surface area contributed by atoms with Gasteiger partial charge >= 0.3 is 0 Å². The Morgan fingerprint density at radius 3 is 2.40 bits per heavy atom. The third-order valence-electron chi connectivity index (χ3n) is 5.47. The second-order valence-electron chi connectivity index (χ2n) is 7.70. The van der Waals surface area contributed by atoms with E-state index in [1.54, 1.807) is 24.5 Å². The predicted molar refractivity (Wildman–Crippen MR) is 120 cm³/mol. The standard InChI is InChI=1S/C24H27N5O/c1-18-7-5-13-25-22(18)28-24(30)21-10-6-14-26-23(21)27-20-11-15-29(16-12-20)17-19-8-3-2-4-9-19/h2-10,13-14,20H,11-12,15-17H2,1H3,(H,26,27)(H,25,28,30). The Balaban J connectivity index is 1.36. The number of likely N-dealkylation sites (tertiary alicyclic amines) is 1. The molecule has 3 heterocycles. The van der Waals surface area contributed by atoms with Gasteiger partial charge < -0.3 is 10.6 Å². The van der Waals surface area contributed by atoms with Gasteiger partial charge in [0.1, 0.15) is 11.6 Å². The van der Waals surface area contributed by atoms with Gasteiger partial charge in [0.25, 0.3) is 5.91 Å². The number of rotatable bonds is 6. The van der Waals surface area contributed by atoms with Crippen molar-refractivity contribution in [3.63, 3.8) is 0 Å². The van der Waals surface area contributed by atoms with Gasteiger partial charge in [0.05, 0.1) is 5.56 Å². The summed E-state index contributed by atoms with van der Waals surface area (Å²) >= 11 is 0. The molecule has 1 aromatic carbocycles. The molecular weight excluding hydrogens is 374 g/mol. The van der Waals surface area contributed by atoms with Crippen LogP contribution in [0.2, 0.25) is 0 Å². The fourth-order valence-corrected chi connectivity index (χ4v) is 3.77. The van der Waals surface area contributed by atoms with E-state index in [1.165, 1.54) is 5.56 Å². The summed E-state index contributed by atoms with van der Waals surface area (Å²) in [5, 5.41) is 6.40. The first-order valence-corrected chi connectivity index (χ1v) is 10.4. The molecule has 1 saturated heterocycles. The molecular formula is C24H27N5O. The Morgan fingerprint density at radius 1 is 0.967 bits per heavy atom. The van der Waals surface area contributed by atoms with Crippen LogP contribution in [0.25, 0.3) is 0 Å². The van der Waals surface area contributed by atoms with Crippen molar-refractivity contribution in [2.75, 3.05) is 23.7 Å². The predicted octanol–water partition coefficient (Wildman–Crippen LogP) is 4.11. The molecule has 154 valence electrons. The number of hydrogen-bond donors (Lipinski definition) is 2. The Kier molecular flexibility index (Phi) is 6.35. The quantitative estimate of drug-likeness (QED) is 0.650. The van der Waals surface area contributed by atoms with E-state index in [9.17, 15) is 4.79 Å². The number of anilines is 2. The van der Waals surface area contributed by atoms with E-state index in [0.29, 0.717) is 23.2 Å². The maximum Gasteiger partial charge on any atom is 0.260 e. The second-order valence-corrected chi connectivity index (χ2v) is 7.70. The van der Waals surface area contributed by atoms with Crippen molar-refractivity contribution in [2.24, 2.45) is 0 Å². The molecule has 0 saturated carbocycles. The number of benzene rings is 1. The highest BCUT2D eigenvalue weighted by Crippen LogP contribution is 2.21. The topological polar surface area (TPSA) is 70.1 Å². The third kappa shape index (κ3) is 5.02. The number of piperidine rings is 1. The highest BCUT2D eigenvalue weighted by Gasteiger charge is 2.22. The first kappa shape index (κ1) is 20.0. The molecule has 2 aromatic heterocycles. The number of aryl methyl sites for hydroxylation is 1. The number of aromatic nitrogens is 2. The molecule has 1 fully saturated rings. The van der Waals surface area contributed by atoms with E-state index in [4.69, 9.17) is 0 Å². The smallest absolute Gasteiger partial charge is 0.260 e. The lowest BCUT2D eigenvalue weighted by molar-refractivity contribution is 0.102. The molecule has 6 heteroatoms. The van der Waals surface area contributed by atoms with Crippen LogP contribution in [-0.4, -0.2) is 39.9 Å². The van der Waals surface area contributed by atoms with Gasteiger partial charge in [-0.25, -0.2) is 9.97 Å². The van der Waals surface area contributed by atoms with E-state index in [1.807, 2.05) is 19.1 Å². The van der Waals surface area contributed by atoms with Crippen LogP contribution in [0.4, 0.5) is 11.6 Å². The summed E-state index contributed by atoms with van der Waals surface area (Å²) in [5.41, 5.74) is 2.81. The average Bonchev–Trinajstić information content (AvgIpc) is 2.78. The summed E-state index contributed by atoms with van der Waals surface area (Å²) in [6.07, 6.45) is 5.43. The van der Waals surface area contributed by atoms with Crippen LogP contribution < -0.4 is 10.6 Å². The van der Waals surface area contributed by atoms with Gasteiger partial charge in [-0.2, -0.15) is 0 Å². The molecule has 1 aliphatic heterocycles. The molecule has 0 unspecified atom stereocenters. The number of carbonyl (C=O) groups is 1. The zero-order valence-electron chi connectivity index (χ0n) is 17.2. The molecule has 6 nitrogen and oxygen atoms in total. The number of amides is 1. The zero-order chi connectivity index (χ0) is 20.8. The molecule has 1 aliphatic rings. The second kappa shape index (κ2) is 9.50. The van der Waals surface area contributed by atoms with Gasteiger partial charge in [-0.3, -0.25) is 9.69 Å². The van der Waals surface area contributed by atoms with Gasteiger partial charge in [-0.15, -0.1) is 0 Å². The number of carbonyl (C=O) groups excluding carboxylic acids is 1. The van der Waals surface area contributed by atoms with E-state index < -0.39 is 0 Å². The largest absolute Gasteiger partial charge is 0.367 e. The van der Waals surface area contributed by atoms with Crippen molar-refractivity contribution in [1.29, 1.82) is 0 Å². The summed E-state index contributed by atoms with van der Waals surface area (Å²) in [6.45, 7) is 4.95. The first-order chi connectivity index (χ1) is 14.7. The molecule has 1 amide bonds. The minimum absolute atomic E-state index is 0.200. The molecule has 4 rings (SSSR count). The van der Waals surface area contributed by atoms with Crippen LogP contribution in [-0.2, 0) is 6.54 Å². The highest BCUT2D eigenvalue weighted by atomic mass is 16.1. The fourth-order valence-electron chi connectivity index (χ4n) is 3.77. The SMILES string of the molecule is Cc1cccnc1NC(=O)c1cccnc1NC1CCN(Cc2ccccc2)CC1. The maximum absolute atomic E-state index is 12.8. The van der Waals surface area contributed by atoms with Crippen molar-refractivity contribution < 1.29 is 4.79 Å². The van der Waals surface area contributed by atoms with Gasteiger partial charge in [-0.1, -0.05) is 36.4 Å². The van der Waals surface area contributed by atoms with Crippen molar-refractivity contribution in [3.05, 3.63) is 83.7 Å². The molecule has 2 N–H and O–H groups in total. The van der Waals surface area contributed by atoms with Crippen molar-refractivity contribution >= 4 is 17.5 Å². The monoisotopic (exact) mass is 401 g/mol. The normalized spacial score (nSPS) is 15.0. The number of hydrogen-bond acceptors (Lipinski definition) is 5. The van der Waals surface area contributed by atoms with Crippen molar-refractivity contribution in [3.8, 4) is 0 Å².